The number of carbonyl (C=O) groups excluding carboxylic acids is 2. The van der Waals surface area contributed by atoms with Crippen LogP contribution in [-0.4, -0.2) is 25.0 Å². The molecule has 0 spiro atoms. The predicted octanol–water partition coefficient (Wildman–Crippen LogP) is 2.75. The molecule has 0 saturated carbocycles. The fourth-order valence-electron chi connectivity index (χ4n) is 2.15. The zero-order valence-corrected chi connectivity index (χ0v) is 14.2. The van der Waals surface area contributed by atoms with E-state index in [2.05, 4.69) is 10.6 Å². The Morgan fingerprint density at radius 1 is 1.26 bits per heavy atom. The number of hydrogen-bond donors (Lipinski definition) is 2. The van der Waals surface area contributed by atoms with Crippen LogP contribution in [0.2, 0.25) is 0 Å². The number of methoxy groups -OCH3 is 1. The van der Waals surface area contributed by atoms with E-state index in [-0.39, 0.29) is 6.04 Å². The molecule has 1 heterocycles. The maximum Gasteiger partial charge on any atom is 0.313 e. The third-order valence-electron chi connectivity index (χ3n) is 3.28. The lowest BCUT2D eigenvalue weighted by Crippen LogP contribution is -2.41. The first-order valence-corrected chi connectivity index (χ1v) is 8.16. The molecule has 2 amide bonds. The van der Waals surface area contributed by atoms with Crippen molar-refractivity contribution in [3.05, 3.63) is 46.2 Å². The van der Waals surface area contributed by atoms with E-state index in [0.717, 1.165) is 5.56 Å². The minimum atomic E-state index is -0.704. The molecule has 0 saturated heterocycles. The van der Waals surface area contributed by atoms with Crippen molar-refractivity contribution >= 4 is 28.8 Å². The fraction of sp³-hybridized carbons (Fsp3) is 0.294. The van der Waals surface area contributed by atoms with Crippen LogP contribution < -0.4 is 15.4 Å². The number of amides is 2. The van der Waals surface area contributed by atoms with Crippen LogP contribution in [0.3, 0.4) is 0 Å². The van der Waals surface area contributed by atoms with E-state index in [1.165, 1.54) is 12.0 Å². The Labute approximate surface area is 139 Å². The summed E-state index contributed by atoms with van der Waals surface area (Å²) in [7, 11) is 1.52. The van der Waals surface area contributed by atoms with Crippen LogP contribution in [0.15, 0.2) is 35.7 Å². The molecule has 1 aromatic heterocycles. The average molecular weight is 332 g/mol. The van der Waals surface area contributed by atoms with Gasteiger partial charge in [-0.1, -0.05) is 12.1 Å². The van der Waals surface area contributed by atoms with Gasteiger partial charge in [-0.25, -0.2) is 0 Å². The van der Waals surface area contributed by atoms with Crippen LogP contribution in [0.5, 0.6) is 5.75 Å². The van der Waals surface area contributed by atoms with Crippen molar-refractivity contribution in [3.63, 3.8) is 0 Å². The molecular weight excluding hydrogens is 312 g/mol. The average Bonchev–Trinajstić information content (AvgIpc) is 3.01. The molecule has 2 rings (SSSR count). The molecule has 0 bridgehead atoms. The van der Waals surface area contributed by atoms with Gasteiger partial charge < -0.3 is 15.4 Å². The van der Waals surface area contributed by atoms with Crippen molar-refractivity contribution < 1.29 is 14.3 Å². The van der Waals surface area contributed by atoms with Crippen molar-refractivity contribution in [3.8, 4) is 5.75 Å². The van der Waals surface area contributed by atoms with Gasteiger partial charge in [0, 0.05) is 17.3 Å². The van der Waals surface area contributed by atoms with Crippen molar-refractivity contribution in [2.24, 2.45) is 0 Å². The Kier molecular flexibility index (Phi) is 5.76. The number of hydrogen-bond acceptors (Lipinski definition) is 4. The summed E-state index contributed by atoms with van der Waals surface area (Å²) >= 11 is 1.63. The minimum Gasteiger partial charge on any atom is -0.495 e. The second-order valence-corrected chi connectivity index (χ2v) is 6.35. The third-order valence-corrected chi connectivity index (χ3v) is 4.18. The predicted molar refractivity (Wildman–Crippen MR) is 92.0 cm³/mol. The fourth-order valence-corrected chi connectivity index (χ4v) is 2.99. The lowest BCUT2D eigenvalue weighted by molar-refractivity contribution is -0.136. The van der Waals surface area contributed by atoms with Gasteiger partial charge in [-0.2, -0.15) is 0 Å². The lowest BCUT2D eigenvalue weighted by atomic mass is 10.2. The van der Waals surface area contributed by atoms with Crippen LogP contribution in [-0.2, 0) is 16.0 Å². The Morgan fingerprint density at radius 3 is 2.70 bits per heavy atom. The SMILES string of the molecule is COc1cc(C)ccc1NC(=O)C(=O)N[C@@H](C)Cc1cccs1. The number of carbonyl (C=O) groups is 2. The van der Waals surface area contributed by atoms with Crippen LogP contribution in [0, 0.1) is 6.92 Å². The molecule has 2 aromatic rings. The van der Waals surface area contributed by atoms with Gasteiger partial charge >= 0.3 is 11.8 Å². The van der Waals surface area contributed by atoms with Gasteiger partial charge in [0.05, 0.1) is 12.8 Å². The molecule has 0 fully saturated rings. The van der Waals surface area contributed by atoms with Gasteiger partial charge in [-0.3, -0.25) is 9.59 Å². The van der Waals surface area contributed by atoms with Crippen LogP contribution in [0.4, 0.5) is 5.69 Å². The molecule has 0 aliphatic heterocycles. The quantitative estimate of drug-likeness (QED) is 0.827. The number of nitrogens with one attached hydrogen (secondary N) is 2. The van der Waals surface area contributed by atoms with E-state index in [0.29, 0.717) is 17.9 Å². The summed E-state index contributed by atoms with van der Waals surface area (Å²) in [5.74, 6) is -0.834. The summed E-state index contributed by atoms with van der Waals surface area (Å²) < 4.78 is 5.21. The number of thiophene rings is 1. The van der Waals surface area contributed by atoms with Crippen LogP contribution in [0.25, 0.3) is 0 Å². The highest BCUT2D eigenvalue weighted by Gasteiger charge is 2.18. The molecule has 122 valence electrons. The van der Waals surface area contributed by atoms with Gasteiger partial charge in [0.2, 0.25) is 0 Å². The number of ether oxygens (including phenoxy) is 1. The normalized spacial score (nSPS) is 11.6. The summed E-state index contributed by atoms with van der Waals surface area (Å²) in [6.45, 7) is 3.80. The summed E-state index contributed by atoms with van der Waals surface area (Å²) in [6, 6.07) is 9.21. The number of aryl methyl sites for hydroxylation is 1. The molecule has 1 atom stereocenters. The summed E-state index contributed by atoms with van der Waals surface area (Å²) in [4.78, 5) is 25.2. The van der Waals surface area contributed by atoms with Crippen molar-refractivity contribution in [2.45, 2.75) is 26.3 Å². The molecule has 23 heavy (non-hydrogen) atoms. The van der Waals surface area contributed by atoms with Crippen LogP contribution >= 0.6 is 11.3 Å². The van der Waals surface area contributed by atoms with E-state index in [9.17, 15) is 9.59 Å². The highest BCUT2D eigenvalue weighted by atomic mass is 32.1. The lowest BCUT2D eigenvalue weighted by Gasteiger charge is -2.14. The van der Waals surface area contributed by atoms with Crippen molar-refractivity contribution in [2.75, 3.05) is 12.4 Å². The Hall–Kier alpha value is -2.34. The van der Waals surface area contributed by atoms with Crippen LogP contribution in [0.1, 0.15) is 17.4 Å². The summed E-state index contributed by atoms with van der Waals surface area (Å²) in [5.41, 5.74) is 1.48. The van der Waals surface area contributed by atoms with Gasteiger partial charge in [-0.05, 0) is 43.0 Å². The third kappa shape index (κ3) is 4.82. The highest BCUT2D eigenvalue weighted by molar-refractivity contribution is 7.09. The number of benzene rings is 1. The first-order valence-electron chi connectivity index (χ1n) is 7.28. The number of anilines is 1. The number of rotatable bonds is 5. The molecule has 0 radical (unpaired) electrons. The smallest absolute Gasteiger partial charge is 0.313 e. The molecule has 1 aromatic carbocycles. The summed E-state index contributed by atoms with van der Waals surface area (Å²) in [5, 5.41) is 7.27. The van der Waals surface area contributed by atoms with E-state index in [1.807, 2.05) is 37.4 Å². The summed E-state index contributed by atoms with van der Waals surface area (Å²) in [6.07, 6.45) is 0.699. The monoisotopic (exact) mass is 332 g/mol. The topological polar surface area (TPSA) is 67.4 Å². The maximum absolute atomic E-state index is 12.0. The molecule has 5 nitrogen and oxygen atoms in total. The largest absolute Gasteiger partial charge is 0.495 e. The Balaban J connectivity index is 1.93. The van der Waals surface area contributed by atoms with Gasteiger partial charge in [0.1, 0.15) is 5.75 Å². The Bertz CT molecular complexity index is 683. The zero-order valence-electron chi connectivity index (χ0n) is 13.4. The van der Waals surface area contributed by atoms with Crippen molar-refractivity contribution in [1.82, 2.24) is 5.32 Å². The van der Waals surface area contributed by atoms with E-state index >= 15 is 0 Å². The first kappa shape index (κ1) is 17.0. The van der Waals surface area contributed by atoms with Crippen molar-refractivity contribution in [1.29, 1.82) is 0 Å². The molecule has 0 aliphatic carbocycles. The maximum atomic E-state index is 12.0. The minimum absolute atomic E-state index is 0.119. The molecule has 6 heteroatoms. The molecule has 2 N–H and O–H groups in total. The molecular formula is C17H20N2O3S. The first-order chi connectivity index (χ1) is 11.0. The van der Waals surface area contributed by atoms with E-state index in [4.69, 9.17) is 4.74 Å². The van der Waals surface area contributed by atoms with E-state index < -0.39 is 11.8 Å². The van der Waals surface area contributed by atoms with E-state index in [1.54, 1.807) is 23.5 Å². The Morgan fingerprint density at radius 2 is 2.04 bits per heavy atom. The van der Waals surface area contributed by atoms with Gasteiger partial charge in [-0.15, -0.1) is 11.3 Å². The highest BCUT2D eigenvalue weighted by Crippen LogP contribution is 2.25. The zero-order chi connectivity index (χ0) is 16.8. The molecule has 0 aliphatic rings. The second-order valence-electron chi connectivity index (χ2n) is 5.32. The van der Waals surface area contributed by atoms with Gasteiger partial charge in [0.15, 0.2) is 0 Å². The standard InChI is InChI=1S/C17H20N2O3S/c1-11-6-7-14(15(9-11)22-3)19-17(21)16(20)18-12(2)10-13-5-4-8-23-13/h4-9,12H,10H2,1-3H3,(H,18,20)(H,19,21)/t12-/m0/s1. The van der Waals surface area contributed by atoms with Gasteiger partial charge in [0.25, 0.3) is 0 Å². The molecule has 0 unspecified atom stereocenters. The second kappa shape index (κ2) is 7.78.